The number of piperidine rings is 1. The fourth-order valence-electron chi connectivity index (χ4n) is 3.40. The van der Waals surface area contributed by atoms with Gasteiger partial charge in [0.05, 0.1) is 0 Å². The number of nitrogens with zero attached hydrogens (tertiary/aromatic N) is 1. The van der Waals surface area contributed by atoms with Crippen LogP contribution in [0.5, 0.6) is 0 Å². The number of aryl methyl sites for hydroxylation is 1. The quantitative estimate of drug-likeness (QED) is 0.899. The Labute approximate surface area is 140 Å². The van der Waals surface area contributed by atoms with Crippen LogP contribution in [0.25, 0.3) is 0 Å². The molecule has 1 aromatic carbocycles. The third-order valence-electron chi connectivity index (χ3n) is 4.73. The molecule has 128 valence electrons. The second-order valence-electron chi connectivity index (χ2n) is 6.59. The molecule has 1 aromatic heterocycles. The minimum Gasteiger partial charge on any atom is -0.357 e. The number of aromatic nitrogens is 1. The first-order chi connectivity index (χ1) is 11.5. The number of H-pyrrole nitrogens is 1. The van der Waals surface area contributed by atoms with E-state index in [4.69, 9.17) is 0 Å². The van der Waals surface area contributed by atoms with Crippen molar-refractivity contribution >= 4 is 5.91 Å². The summed E-state index contributed by atoms with van der Waals surface area (Å²) < 4.78 is 27.4. The summed E-state index contributed by atoms with van der Waals surface area (Å²) in [4.78, 5) is 17.4. The van der Waals surface area contributed by atoms with Crippen LogP contribution in [-0.4, -0.2) is 28.9 Å². The first kappa shape index (κ1) is 16.7. The van der Waals surface area contributed by atoms with E-state index in [9.17, 15) is 13.6 Å². The van der Waals surface area contributed by atoms with Crippen LogP contribution in [0.3, 0.4) is 0 Å². The molecule has 2 heterocycles. The monoisotopic (exact) mass is 332 g/mol. The highest BCUT2D eigenvalue weighted by molar-refractivity contribution is 5.92. The van der Waals surface area contributed by atoms with Gasteiger partial charge in [-0.2, -0.15) is 0 Å². The lowest BCUT2D eigenvalue weighted by Crippen LogP contribution is -2.40. The Morgan fingerprint density at radius 1 is 1.33 bits per heavy atom. The number of hydrogen-bond donors (Lipinski definition) is 1. The first-order valence-corrected chi connectivity index (χ1v) is 8.42. The summed E-state index contributed by atoms with van der Waals surface area (Å²) in [6.07, 6.45) is 4.78. The van der Waals surface area contributed by atoms with Crippen molar-refractivity contribution in [2.24, 2.45) is 5.92 Å². The van der Waals surface area contributed by atoms with Gasteiger partial charge in [-0.25, -0.2) is 8.78 Å². The van der Waals surface area contributed by atoms with E-state index in [0.717, 1.165) is 24.9 Å². The summed E-state index contributed by atoms with van der Waals surface area (Å²) in [5.41, 5.74) is 1.79. The Kier molecular flexibility index (Phi) is 4.97. The Morgan fingerprint density at radius 3 is 2.75 bits per heavy atom. The minimum absolute atomic E-state index is 0.00451. The van der Waals surface area contributed by atoms with Crippen LogP contribution >= 0.6 is 0 Å². The van der Waals surface area contributed by atoms with Gasteiger partial charge in [-0.05, 0) is 62.3 Å². The Morgan fingerprint density at radius 2 is 2.08 bits per heavy atom. The average molecular weight is 332 g/mol. The van der Waals surface area contributed by atoms with Gasteiger partial charge >= 0.3 is 0 Å². The van der Waals surface area contributed by atoms with Gasteiger partial charge in [-0.1, -0.05) is 6.07 Å². The van der Waals surface area contributed by atoms with Crippen molar-refractivity contribution in [3.63, 3.8) is 0 Å². The van der Waals surface area contributed by atoms with E-state index in [1.54, 1.807) is 0 Å². The maximum atomic E-state index is 13.7. The smallest absolute Gasteiger partial charge is 0.270 e. The van der Waals surface area contributed by atoms with Crippen molar-refractivity contribution in [1.82, 2.24) is 9.88 Å². The zero-order chi connectivity index (χ0) is 17.1. The topological polar surface area (TPSA) is 36.1 Å². The number of carbonyl (C=O) groups excluding carboxylic acids is 1. The first-order valence-electron chi connectivity index (χ1n) is 8.42. The number of likely N-dealkylation sites (tertiary alicyclic amines) is 1. The van der Waals surface area contributed by atoms with Crippen molar-refractivity contribution in [1.29, 1.82) is 0 Å². The largest absolute Gasteiger partial charge is 0.357 e. The molecular formula is C19H22F2N2O. The van der Waals surface area contributed by atoms with Crippen LogP contribution in [0.2, 0.25) is 0 Å². The van der Waals surface area contributed by atoms with E-state index >= 15 is 0 Å². The molecule has 1 saturated heterocycles. The van der Waals surface area contributed by atoms with E-state index in [1.807, 2.05) is 24.1 Å². The molecule has 0 radical (unpaired) electrons. The van der Waals surface area contributed by atoms with E-state index in [2.05, 4.69) is 4.98 Å². The molecule has 24 heavy (non-hydrogen) atoms. The summed E-state index contributed by atoms with van der Waals surface area (Å²) in [5.74, 6) is -0.691. The van der Waals surface area contributed by atoms with Crippen LogP contribution in [0.4, 0.5) is 8.78 Å². The summed E-state index contributed by atoms with van der Waals surface area (Å²) in [5, 5.41) is 0. The van der Waals surface area contributed by atoms with Crippen LogP contribution in [0.15, 0.2) is 30.5 Å². The number of nitrogens with one attached hydrogen (secondary N) is 1. The lowest BCUT2D eigenvalue weighted by atomic mass is 9.91. The number of benzene rings is 1. The van der Waals surface area contributed by atoms with Gasteiger partial charge in [-0.3, -0.25) is 4.79 Å². The number of aromatic amines is 1. The summed E-state index contributed by atoms with van der Waals surface area (Å²) in [7, 11) is 0. The molecule has 0 saturated carbocycles. The summed E-state index contributed by atoms with van der Waals surface area (Å²) in [6, 6.07) is 5.82. The van der Waals surface area contributed by atoms with Crippen molar-refractivity contribution in [2.75, 3.05) is 13.1 Å². The second-order valence-corrected chi connectivity index (χ2v) is 6.59. The molecule has 1 unspecified atom stereocenters. The second kappa shape index (κ2) is 7.16. The van der Waals surface area contributed by atoms with Gasteiger partial charge in [-0.15, -0.1) is 0 Å². The lowest BCUT2D eigenvalue weighted by molar-refractivity contribution is 0.0662. The highest BCUT2D eigenvalue weighted by Gasteiger charge is 2.25. The number of carbonyl (C=O) groups is 1. The predicted molar refractivity (Wildman–Crippen MR) is 88.8 cm³/mol. The van der Waals surface area contributed by atoms with Crippen LogP contribution in [0.1, 0.15) is 40.9 Å². The van der Waals surface area contributed by atoms with Gasteiger partial charge in [0.2, 0.25) is 0 Å². The van der Waals surface area contributed by atoms with Crippen LogP contribution < -0.4 is 0 Å². The van der Waals surface area contributed by atoms with Crippen molar-refractivity contribution in [3.8, 4) is 0 Å². The highest BCUT2D eigenvalue weighted by atomic mass is 19.1. The third kappa shape index (κ3) is 3.66. The number of halogens is 2. The predicted octanol–water partition coefficient (Wildman–Crippen LogP) is 4.09. The number of hydrogen-bond acceptors (Lipinski definition) is 1. The van der Waals surface area contributed by atoms with Crippen LogP contribution in [0, 0.1) is 24.5 Å². The number of amides is 1. The van der Waals surface area contributed by atoms with Gasteiger partial charge in [0.15, 0.2) is 0 Å². The lowest BCUT2D eigenvalue weighted by Gasteiger charge is -2.32. The molecule has 1 N–H and O–H groups in total. The standard InChI is InChI=1S/C19H22F2N2O/c1-13-10-18(22-11-13)19(24)23-9-3-4-14(12-23)7-8-15-16(20)5-2-6-17(15)21/h2,5-6,10-11,14,22H,3-4,7-9,12H2,1H3. The molecule has 1 aliphatic heterocycles. The van der Waals surface area contributed by atoms with E-state index in [-0.39, 0.29) is 17.4 Å². The minimum atomic E-state index is -0.486. The Hall–Kier alpha value is -2.17. The molecule has 5 heteroatoms. The van der Waals surface area contributed by atoms with Crippen molar-refractivity contribution in [3.05, 3.63) is 58.9 Å². The molecule has 3 nitrogen and oxygen atoms in total. The average Bonchev–Trinajstić information content (AvgIpc) is 3.00. The molecule has 0 aliphatic carbocycles. The molecule has 0 bridgehead atoms. The number of rotatable bonds is 4. The maximum Gasteiger partial charge on any atom is 0.270 e. The fraction of sp³-hybridized carbons (Fsp3) is 0.421. The molecule has 0 spiro atoms. The Balaban J connectivity index is 1.60. The fourth-order valence-corrected chi connectivity index (χ4v) is 3.40. The molecular weight excluding hydrogens is 310 g/mol. The summed E-state index contributed by atoms with van der Waals surface area (Å²) >= 11 is 0. The maximum absolute atomic E-state index is 13.7. The van der Waals surface area contributed by atoms with Crippen molar-refractivity contribution < 1.29 is 13.6 Å². The van der Waals surface area contributed by atoms with Crippen molar-refractivity contribution in [2.45, 2.75) is 32.6 Å². The van der Waals surface area contributed by atoms with Gasteiger partial charge in [0.1, 0.15) is 17.3 Å². The molecule has 1 amide bonds. The van der Waals surface area contributed by atoms with E-state index in [0.29, 0.717) is 25.1 Å². The third-order valence-corrected chi connectivity index (χ3v) is 4.73. The van der Waals surface area contributed by atoms with Gasteiger partial charge in [0, 0.05) is 24.8 Å². The highest BCUT2D eigenvalue weighted by Crippen LogP contribution is 2.24. The van der Waals surface area contributed by atoms with Crippen LogP contribution in [-0.2, 0) is 6.42 Å². The Bertz CT molecular complexity index is 706. The van der Waals surface area contributed by atoms with E-state index < -0.39 is 11.6 Å². The van der Waals surface area contributed by atoms with Gasteiger partial charge in [0.25, 0.3) is 5.91 Å². The molecule has 3 rings (SSSR count). The zero-order valence-electron chi connectivity index (χ0n) is 13.8. The molecule has 1 aliphatic rings. The zero-order valence-corrected chi connectivity index (χ0v) is 13.8. The molecule has 1 atom stereocenters. The normalized spacial score (nSPS) is 18.0. The summed E-state index contributed by atoms with van der Waals surface area (Å²) in [6.45, 7) is 3.32. The SMILES string of the molecule is Cc1c[nH]c(C(=O)N2CCCC(CCc3c(F)cccc3F)C2)c1. The molecule has 2 aromatic rings. The van der Waals surface area contributed by atoms with E-state index in [1.165, 1.54) is 18.2 Å². The molecule has 1 fully saturated rings. The van der Waals surface area contributed by atoms with Gasteiger partial charge < -0.3 is 9.88 Å².